The van der Waals surface area contributed by atoms with Crippen molar-refractivity contribution in [3.63, 3.8) is 0 Å². The molecule has 5 rings (SSSR count). The molecule has 0 bridgehead atoms. The summed E-state index contributed by atoms with van der Waals surface area (Å²) in [7, 11) is 1.96. The summed E-state index contributed by atoms with van der Waals surface area (Å²) in [5, 5.41) is 5.73. The van der Waals surface area contributed by atoms with E-state index in [1.54, 1.807) is 0 Å². The van der Waals surface area contributed by atoms with E-state index in [1.165, 1.54) is 11.3 Å². The number of fused-ring (bicyclic) bond motifs is 1. The highest BCUT2D eigenvalue weighted by atomic mass is 32.1. The van der Waals surface area contributed by atoms with E-state index in [4.69, 9.17) is 9.47 Å². The Balaban J connectivity index is 1.14. The third-order valence-corrected chi connectivity index (χ3v) is 7.10. The lowest BCUT2D eigenvalue weighted by atomic mass is 9.97. The number of carbonyl (C=O) groups is 1. The molecule has 33 heavy (non-hydrogen) atoms. The van der Waals surface area contributed by atoms with E-state index in [0.29, 0.717) is 24.9 Å². The third kappa shape index (κ3) is 4.96. The Kier molecular flexibility index (Phi) is 6.46. The number of hydrogen-bond acceptors (Lipinski definition) is 7. The van der Waals surface area contributed by atoms with Gasteiger partial charge in [0, 0.05) is 43.3 Å². The van der Waals surface area contributed by atoms with Crippen molar-refractivity contribution >= 4 is 28.1 Å². The van der Waals surface area contributed by atoms with Crippen LogP contribution in [0.4, 0.5) is 10.8 Å². The van der Waals surface area contributed by atoms with Crippen molar-refractivity contribution < 1.29 is 14.3 Å². The Hall–Kier alpha value is -3.10. The van der Waals surface area contributed by atoms with Gasteiger partial charge in [0.1, 0.15) is 5.69 Å². The maximum Gasteiger partial charge on any atom is 0.270 e. The number of benzene rings is 2. The van der Waals surface area contributed by atoms with Crippen molar-refractivity contribution in [2.24, 2.45) is 5.92 Å². The van der Waals surface area contributed by atoms with Crippen LogP contribution in [0, 0.1) is 5.92 Å². The molecule has 3 heterocycles. The lowest BCUT2D eigenvalue weighted by Crippen LogP contribution is -2.40. The minimum atomic E-state index is -0.109. The predicted octanol–water partition coefficient (Wildman–Crippen LogP) is 4.28. The van der Waals surface area contributed by atoms with Crippen molar-refractivity contribution in [2.45, 2.75) is 19.4 Å². The van der Waals surface area contributed by atoms with E-state index >= 15 is 0 Å². The van der Waals surface area contributed by atoms with Gasteiger partial charge >= 0.3 is 0 Å². The second kappa shape index (κ2) is 9.80. The van der Waals surface area contributed by atoms with Crippen molar-refractivity contribution in [1.82, 2.24) is 15.2 Å². The van der Waals surface area contributed by atoms with Gasteiger partial charge in [-0.3, -0.25) is 9.69 Å². The average molecular weight is 465 g/mol. The van der Waals surface area contributed by atoms with Gasteiger partial charge in [0.25, 0.3) is 5.91 Å². The first-order valence-corrected chi connectivity index (χ1v) is 12.2. The number of nitrogens with one attached hydrogen (secondary N) is 1. The highest BCUT2D eigenvalue weighted by Gasteiger charge is 2.24. The molecule has 1 aromatic heterocycles. The van der Waals surface area contributed by atoms with Gasteiger partial charge in [-0.15, -0.1) is 11.3 Å². The van der Waals surface area contributed by atoms with Crippen LogP contribution >= 0.6 is 11.3 Å². The zero-order valence-electron chi connectivity index (χ0n) is 18.7. The van der Waals surface area contributed by atoms with Gasteiger partial charge in [0.05, 0.1) is 0 Å². The number of carbonyl (C=O) groups excluding carboxylic acids is 1. The zero-order valence-corrected chi connectivity index (χ0v) is 19.5. The van der Waals surface area contributed by atoms with Crippen LogP contribution < -0.4 is 19.7 Å². The van der Waals surface area contributed by atoms with Crippen molar-refractivity contribution in [2.75, 3.05) is 38.4 Å². The number of anilines is 2. The van der Waals surface area contributed by atoms with Crippen LogP contribution in [0.3, 0.4) is 0 Å². The number of aromatic nitrogens is 1. The fourth-order valence-corrected chi connectivity index (χ4v) is 5.22. The molecular weight excluding hydrogens is 436 g/mol. The fraction of sp³-hybridized carbons (Fsp3) is 0.360. The number of hydrogen-bond donors (Lipinski definition) is 1. The number of nitrogens with zero attached hydrogens (tertiary/aromatic N) is 3. The first-order chi connectivity index (χ1) is 16.2. The number of likely N-dealkylation sites (tertiary alicyclic amines) is 1. The summed E-state index contributed by atoms with van der Waals surface area (Å²) in [4.78, 5) is 21.7. The summed E-state index contributed by atoms with van der Waals surface area (Å²) in [5.41, 5.74) is 2.68. The first-order valence-electron chi connectivity index (χ1n) is 11.3. The SMILES string of the molecule is CN(c1ccccc1)c1nc(C(=O)NC[C@@H]2CCCN(Cc3cccc4c3OCO4)C2)cs1. The topological polar surface area (TPSA) is 66.9 Å². The summed E-state index contributed by atoms with van der Waals surface area (Å²) in [6, 6.07) is 16.1. The van der Waals surface area contributed by atoms with Gasteiger partial charge in [-0.05, 0) is 43.5 Å². The molecule has 172 valence electrons. The molecule has 1 saturated heterocycles. The van der Waals surface area contributed by atoms with Crippen LogP contribution in [0.1, 0.15) is 28.9 Å². The van der Waals surface area contributed by atoms with Gasteiger partial charge in [-0.1, -0.05) is 30.3 Å². The standard InChI is InChI=1S/C25H28N4O3S/c1-28(20-9-3-2-4-10-20)25-27-21(16-33-25)24(30)26-13-18-7-6-12-29(14-18)15-19-8-5-11-22-23(19)32-17-31-22/h2-5,8-11,16,18H,6-7,12-15,17H2,1H3,(H,26,30)/t18-/m0/s1. The maximum absolute atomic E-state index is 12.7. The highest BCUT2D eigenvalue weighted by molar-refractivity contribution is 7.14. The fourth-order valence-electron chi connectivity index (χ4n) is 4.43. The summed E-state index contributed by atoms with van der Waals surface area (Å²) in [5.74, 6) is 2.01. The van der Waals surface area contributed by atoms with Crippen molar-refractivity contribution in [3.8, 4) is 11.5 Å². The predicted molar refractivity (Wildman–Crippen MR) is 130 cm³/mol. The van der Waals surface area contributed by atoms with Gasteiger partial charge in [0.2, 0.25) is 6.79 Å². The Morgan fingerprint density at radius 3 is 2.97 bits per heavy atom. The smallest absolute Gasteiger partial charge is 0.270 e. The molecule has 1 N–H and O–H groups in total. The van der Waals surface area contributed by atoms with Crippen molar-refractivity contribution in [1.29, 1.82) is 0 Å². The Morgan fingerprint density at radius 2 is 2.09 bits per heavy atom. The largest absolute Gasteiger partial charge is 0.454 e. The first kappa shape index (κ1) is 21.7. The van der Waals surface area contributed by atoms with E-state index in [9.17, 15) is 4.79 Å². The quantitative estimate of drug-likeness (QED) is 0.563. The van der Waals surface area contributed by atoms with Gasteiger partial charge < -0.3 is 19.7 Å². The third-order valence-electron chi connectivity index (χ3n) is 6.18. The van der Waals surface area contributed by atoms with Crippen LogP contribution in [-0.2, 0) is 6.54 Å². The van der Waals surface area contributed by atoms with E-state index in [1.807, 2.05) is 59.8 Å². The molecule has 2 aromatic carbocycles. The number of rotatable bonds is 7. The van der Waals surface area contributed by atoms with Crippen LogP contribution in [0.15, 0.2) is 53.9 Å². The van der Waals surface area contributed by atoms with E-state index in [0.717, 1.165) is 60.4 Å². The van der Waals surface area contributed by atoms with E-state index in [2.05, 4.69) is 21.3 Å². The molecule has 7 nitrogen and oxygen atoms in total. The molecule has 0 unspecified atom stereocenters. The molecule has 0 spiro atoms. The Morgan fingerprint density at radius 1 is 1.21 bits per heavy atom. The number of amides is 1. The molecule has 8 heteroatoms. The Labute approximate surface area is 198 Å². The molecule has 0 aliphatic carbocycles. The van der Waals surface area contributed by atoms with Crippen LogP contribution in [-0.4, -0.2) is 49.3 Å². The maximum atomic E-state index is 12.7. The molecule has 1 amide bonds. The minimum absolute atomic E-state index is 0.109. The molecule has 0 saturated carbocycles. The average Bonchev–Trinajstić information content (AvgIpc) is 3.54. The molecule has 2 aliphatic rings. The van der Waals surface area contributed by atoms with Gasteiger partial charge in [0.15, 0.2) is 16.6 Å². The lowest BCUT2D eigenvalue weighted by Gasteiger charge is -2.33. The molecule has 3 aromatic rings. The molecule has 0 radical (unpaired) electrons. The van der Waals surface area contributed by atoms with Gasteiger partial charge in [-0.2, -0.15) is 0 Å². The van der Waals surface area contributed by atoms with E-state index in [-0.39, 0.29) is 5.91 Å². The zero-order chi connectivity index (χ0) is 22.6. The summed E-state index contributed by atoms with van der Waals surface area (Å²) in [6.45, 7) is 3.78. The molecule has 1 fully saturated rings. The molecular formula is C25H28N4O3S. The summed E-state index contributed by atoms with van der Waals surface area (Å²) < 4.78 is 11.2. The summed E-state index contributed by atoms with van der Waals surface area (Å²) >= 11 is 1.48. The van der Waals surface area contributed by atoms with Crippen LogP contribution in [0.25, 0.3) is 0 Å². The van der Waals surface area contributed by atoms with Crippen LogP contribution in [0.2, 0.25) is 0 Å². The van der Waals surface area contributed by atoms with E-state index < -0.39 is 0 Å². The van der Waals surface area contributed by atoms with Crippen molar-refractivity contribution in [3.05, 3.63) is 65.2 Å². The number of para-hydroxylation sites is 2. The summed E-state index contributed by atoms with van der Waals surface area (Å²) in [6.07, 6.45) is 2.23. The number of ether oxygens (including phenoxy) is 2. The molecule has 1 atom stereocenters. The Bertz CT molecular complexity index is 1100. The second-order valence-electron chi connectivity index (χ2n) is 8.51. The molecule has 2 aliphatic heterocycles. The number of thiazole rings is 1. The van der Waals surface area contributed by atoms with Gasteiger partial charge in [-0.25, -0.2) is 4.98 Å². The monoisotopic (exact) mass is 464 g/mol. The number of piperidine rings is 1. The lowest BCUT2D eigenvalue weighted by molar-refractivity contribution is 0.0926. The highest BCUT2D eigenvalue weighted by Crippen LogP contribution is 2.36. The normalized spacial score (nSPS) is 17.7. The minimum Gasteiger partial charge on any atom is -0.454 e. The second-order valence-corrected chi connectivity index (χ2v) is 9.35. The van der Waals surface area contributed by atoms with Crippen LogP contribution in [0.5, 0.6) is 11.5 Å².